The maximum atomic E-state index is 6.21. The van der Waals surface area contributed by atoms with Gasteiger partial charge in [-0.3, -0.25) is 0 Å². The topological polar surface area (TPSA) is 18.5 Å². The summed E-state index contributed by atoms with van der Waals surface area (Å²) < 4.78 is 12.4. The summed E-state index contributed by atoms with van der Waals surface area (Å²) in [5.74, 6) is 0. The molecule has 1 saturated carbocycles. The Morgan fingerprint density at radius 1 is 1.00 bits per heavy atom. The second-order valence-corrected chi connectivity index (χ2v) is 10.1. The van der Waals surface area contributed by atoms with E-state index in [2.05, 4.69) is 37.3 Å². The largest absolute Gasteiger partial charge is 0.397 e. The van der Waals surface area contributed by atoms with Crippen LogP contribution in [0.5, 0.6) is 0 Å². The molecule has 0 aromatic heterocycles. The molecule has 1 fully saturated rings. The van der Waals surface area contributed by atoms with Crippen LogP contribution >= 0.6 is 0 Å². The van der Waals surface area contributed by atoms with E-state index >= 15 is 0 Å². The van der Waals surface area contributed by atoms with Crippen molar-refractivity contribution in [3.8, 4) is 0 Å². The first-order valence-electron chi connectivity index (χ1n) is 8.10. The van der Waals surface area contributed by atoms with Gasteiger partial charge in [0, 0.05) is 25.3 Å². The molecule has 0 aliphatic heterocycles. The molecular formula is C18H26O2Si. The number of hydrogen-bond acceptors (Lipinski definition) is 2. The molecule has 0 radical (unpaired) electrons. The predicted molar refractivity (Wildman–Crippen MR) is 89.4 cm³/mol. The lowest BCUT2D eigenvalue weighted by atomic mass is 10.0. The van der Waals surface area contributed by atoms with Gasteiger partial charge in [0.05, 0.1) is 0 Å². The van der Waals surface area contributed by atoms with Crippen LogP contribution < -0.4 is 0 Å². The van der Waals surface area contributed by atoms with Gasteiger partial charge in [-0.05, 0) is 30.9 Å². The third-order valence-electron chi connectivity index (χ3n) is 5.36. The molecule has 1 aromatic rings. The van der Waals surface area contributed by atoms with E-state index in [1.807, 2.05) is 14.2 Å². The van der Waals surface area contributed by atoms with Gasteiger partial charge in [0.2, 0.25) is 0 Å². The van der Waals surface area contributed by atoms with E-state index in [-0.39, 0.29) is 0 Å². The van der Waals surface area contributed by atoms with Gasteiger partial charge in [0.1, 0.15) is 0 Å². The summed E-state index contributed by atoms with van der Waals surface area (Å²) in [6.07, 6.45) is 8.86. The van der Waals surface area contributed by atoms with Gasteiger partial charge >= 0.3 is 8.56 Å². The minimum atomic E-state index is -2.29. The molecule has 114 valence electrons. The molecule has 21 heavy (non-hydrogen) atoms. The van der Waals surface area contributed by atoms with Crippen molar-refractivity contribution in [2.45, 2.75) is 50.1 Å². The zero-order chi connectivity index (χ0) is 14.9. The van der Waals surface area contributed by atoms with E-state index in [0.717, 1.165) is 0 Å². The van der Waals surface area contributed by atoms with Crippen molar-refractivity contribution in [2.24, 2.45) is 0 Å². The van der Waals surface area contributed by atoms with Crippen LogP contribution in [0.2, 0.25) is 5.54 Å². The van der Waals surface area contributed by atoms with Crippen molar-refractivity contribution in [3.63, 3.8) is 0 Å². The molecule has 1 aromatic carbocycles. The maximum absolute atomic E-state index is 6.21. The van der Waals surface area contributed by atoms with Crippen molar-refractivity contribution in [1.82, 2.24) is 0 Å². The number of allylic oxidation sites excluding steroid dienone is 1. The lowest BCUT2D eigenvalue weighted by Gasteiger charge is -2.42. The Labute approximate surface area is 129 Å². The van der Waals surface area contributed by atoms with Crippen LogP contribution in [-0.2, 0) is 8.85 Å². The van der Waals surface area contributed by atoms with Gasteiger partial charge in [-0.1, -0.05) is 55.2 Å². The van der Waals surface area contributed by atoms with Crippen molar-refractivity contribution < 1.29 is 8.85 Å². The van der Waals surface area contributed by atoms with Crippen LogP contribution in [0.15, 0.2) is 29.8 Å². The Morgan fingerprint density at radius 2 is 1.67 bits per heavy atom. The standard InChI is InChI=1S/C18H26O2Si/c1-14-13-15-9-7-8-12-17(15)18(14)21(19-2,20-3)16-10-5-4-6-11-16/h7-9,12-13,16,18H,4-6,10-11H2,1-3H3. The molecule has 0 spiro atoms. The molecule has 2 nitrogen and oxygen atoms in total. The smallest absolute Gasteiger partial charge is 0.352 e. The lowest BCUT2D eigenvalue weighted by molar-refractivity contribution is 0.209. The normalized spacial score (nSPS) is 23.0. The molecule has 0 N–H and O–H groups in total. The quantitative estimate of drug-likeness (QED) is 0.744. The summed E-state index contributed by atoms with van der Waals surface area (Å²) in [5, 5.41) is 0. The van der Waals surface area contributed by atoms with Crippen LogP contribution in [0, 0.1) is 0 Å². The van der Waals surface area contributed by atoms with Crippen LogP contribution in [0.1, 0.15) is 55.7 Å². The van der Waals surface area contributed by atoms with E-state index in [9.17, 15) is 0 Å². The SMILES string of the molecule is CO[Si](OC)(C1CCCCC1)C1C(C)=Cc2ccccc21. The van der Waals surface area contributed by atoms with Crippen molar-refractivity contribution in [3.05, 3.63) is 41.0 Å². The molecule has 0 heterocycles. The Hall–Kier alpha value is -0.903. The van der Waals surface area contributed by atoms with Gasteiger partial charge in [0.15, 0.2) is 0 Å². The van der Waals surface area contributed by atoms with Gasteiger partial charge in [-0.25, -0.2) is 0 Å². The van der Waals surface area contributed by atoms with Crippen LogP contribution in [-0.4, -0.2) is 22.8 Å². The second-order valence-electron chi connectivity index (χ2n) is 6.41. The minimum Gasteiger partial charge on any atom is -0.397 e. The fourth-order valence-electron chi connectivity index (χ4n) is 4.41. The summed E-state index contributed by atoms with van der Waals surface area (Å²) in [6, 6.07) is 8.73. The number of rotatable bonds is 4. The Kier molecular flexibility index (Phi) is 4.34. The van der Waals surface area contributed by atoms with Crippen molar-refractivity contribution in [2.75, 3.05) is 14.2 Å². The third-order valence-corrected chi connectivity index (χ3v) is 9.92. The number of fused-ring (bicyclic) bond motifs is 1. The first kappa shape index (κ1) is 15.0. The molecule has 2 aliphatic rings. The Morgan fingerprint density at radius 3 is 2.33 bits per heavy atom. The fourth-order valence-corrected chi connectivity index (χ4v) is 8.81. The Bertz CT molecular complexity index is 528. The molecule has 0 amide bonds. The maximum Gasteiger partial charge on any atom is 0.352 e. The molecule has 0 saturated heterocycles. The molecule has 1 atom stereocenters. The van der Waals surface area contributed by atoms with Crippen LogP contribution in [0.25, 0.3) is 6.08 Å². The highest BCUT2D eigenvalue weighted by Crippen LogP contribution is 2.50. The summed E-state index contributed by atoms with van der Waals surface area (Å²) >= 11 is 0. The van der Waals surface area contributed by atoms with E-state index in [1.54, 1.807) is 0 Å². The van der Waals surface area contributed by atoms with E-state index in [1.165, 1.54) is 48.8 Å². The molecule has 3 rings (SSSR count). The first-order valence-corrected chi connectivity index (χ1v) is 10.1. The highest BCUT2D eigenvalue weighted by molar-refractivity contribution is 6.71. The average Bonchev–Trinajstić information content (AvgIpc) is 2.87. The number of hydrogen-bond donors (Lipinski definition) is 0. The van der Waals surface area contributed by atoms with E-state index in [4.69, 9.17) is 8.85 Å². The Balaban J connectivity index is 2.03. The summed E-state index contributed by atoms with van der Waals surface area (Å²) in [7, 11) is 1.45. The molecule has 3 heteroatoms. The number of benzene rings is 1. The van der Waals surface area contributed by atoms with Crippen molar-refractivity contribution >= 4 is 14.6 Å². The van der Waals surface area contributed by atoms with Gasteiger partial charge in [-0.2, -0.15) is 0 Å². The van der Waals surface area contributed by atoms with Crippen LogP contribution in [0.3, 0.4) is 0 Å². The fraction of sp³-hybridized carbons (Fsp3) is 0.556. The summed E-state index contributed by atoms with van der Waals surface area (Å²) in [4.78, 5) is 0. The molecular weight excluding hydrogens is 276 g/mol. The highest BCUT2D eigenvalue weighted by Gasteiger charge is 2.54. The minimum absolute atomic E-state index is 0.354. The van der Waals surface area contributed by atoms with Crippen molar-refractivity contribution in [1.29, 1.82) is 0 Å². The average molecular weight is 302 g/mol. The first-order chi connectivity index (χ1) is 10.2. The monoisotopic (exact) mass is 302 g/mol. The third kappa shape index (κ3) is 2.41. The van der Waals surface area contributed by atoms with E-state index < -0.39 is 8.56 Å². The summed E-state index contributed by atoms with van der Waals surface area (Å²) in [6.45, 7) is 2.24. The van der Waals surface area contributed by atoms with Crippen LogP contribution in [0.4, 0.5) is 0 Å². The second kappa shape index (κ2) is 6.07. The predicted octanol–water partition coefficient (Wildman–Crippen LogP) is 4.80. The zero-order valence-electron chi connectivity index (χ0n) is 13.4. The molecule has 2 aliphatic carbocycles. The van der Waals surface area contributed by atoms with Gasteiger partial charge < -0.3 is 8.85 Å². The highest BCUT2D eigenvalue weighted by atomic mass is 28.4. The van der Waals surface area contributed by atoms with E-state index in [0.29, 0.717) is 11.1 Å². The molecule has 1 unspecified atom stereocenters. The zero-order valence-corrected chi connectivity index (χ0v) is 14.4. The van der Waals surface area contributed by atoms with Gasteiger partial charge in [0.25, 0.3) is 0 Å². The lowest BCUT2D eigenvalue weighted by Crippen LogP contribution is -2.51. The summed E-state index contributed by atoms with van der Waals surface area (Å²) in [5.41, 5.74) is 5.14. The molecule has 0 bridgehead atoms. The van der Waals surface area contributed by atoms with Gasteiger partial charge in [-0.15, -0.1) is 0 Å².